The molecule has 0 spiro atoms. The molecule has 0 aromatic rings. The van der Waals surface area contributed by atoms with E-state index in [0.29, 0.717) is 11.8 Å². The molecule has 0 aromatic heterocycles. The number of rotatable bonds is 10. The maximum Gasteiger partial charge on any atom is 0.0729 e. The van der Waals surface area contributed by atoms with Gasteiger partial charge in [0.05, 0.1) is 12.2 Å². The minimum Gasteiger partial charge on any atom is -0.393 e. The SMILES string of the molecule is CC.CC1=CC(O)CC(C)(C)C1/C=C/C(C)=C/C=C/C(C)=C/C=C/C=C(C)/C=C/C=C(C)/C=C/C1=C(C)CC(O)CC1C. The molecule has 0 saturated carbocycles. The molecule has 4 unspecified atom stereocenters. The normalized spacial score (nSPS) is 26.3. The van der Waals surface area contributed by atoms with Gasteiger partial charge in [0.2, 0.25) is 0 Å². The van der Waals surface area contributed by atoms with E-state index >= 15 is 0 Å². The van der Waals surface area contributed by atoms with E-state index in [1.54, 1.807) is 0 Å². The van der Waals surface area contributed by atoms with Gasteiger partial charge in [-0.2, -0.15) is 0 Å². The van der Waals surface area contributed by atoms with Crippen LogP contribution in [0.1, 0.15) is 95.4 Å². The molecule has 4 atom stereocenters. The second kappa shape index (κ2) is 19.4. The van der Waals surface area contributed by atoms with Crippen LogP contribution in [0.4, 0.5) is 0 Å². The van der Waals surface area contributed by atoms with Crippen LogP contribution < -0.4 is 0 Å². The molecule has 0 bridgehead atoms. The summed E-state index contributed by atoms with van der Waals surface area (Å²) in [5, 5.41) is 20.0. The van der Waals surface area contributed by atoms with Crippen molar-refractivity contribution < 1.29 is 10.2 Å². The number of hydrogen-bond donors (Lipinski definition) is 2. The van der Waals surface area contributed by atoms with Crippen LogP contribution in [0.2, 0.25) is 0 Å². The lowest BCUT2D eigenvalue weighted by atomic mass is 9.67. The Morgan fingerprint density at radius 1 is 0.767 bits per heavy atom. The second-order valence-electron chi connectivity index (χ2n) is 12.8. The second-order valence-corrected chi connectivity index (χ2v) is 12.8. The molecule has 0 radical (unpaired) electrons. The van der Waals surface area contributed by atoms with Crippen molar-refractivity contribution in [3.8, 4) is 0 Å². The summed E-state index contributed by atoms with van der Waals surface area (Å²) >= 11 is 0. The molecule has 0 saturated heterocycles. The van der Waals surface area contributed by atoms with Crippen LogP contribution >= 0.6 is 0 Å². The van der Waals surface area contributed by atoms with E-state index in [4.69, 9.17) is 0 Å². The molecule has 0 fully saturated rings. The van der Waals surface area contributed by atoms with Crippen molar-refractivity contribution in [2.24, 2.45) is 17.3 Å². The molecule has 2 nitrogen and oxygen atoms in total. The van der Waals surface area contributed by atoms with Crippen LogP contribution in [0.25, 0.3) is 0 Å². The van der Waals surface area contributed by atoms with E-state index in [2.05, 4.69) is 147 Å². The monoisotopic (exact) mass is 584 g/mol. The quantitative estimate of drug-likeness (QED) is 0.198. The fraction of sp³-hybridized carbons (Fsp3) is 0.463. The van der Waals surface area contributed by atoms with Crippen LogP contribution in [0.3, 0.4) is 0 Å². The summed E-state index contributed by atoms with van der Waals surface area (Å²) in [6.07, 6.45) is 33.9. The van der Waals surface area contributed by atoms with Crippen molar-refractivity contribution in [2.75, 3.05) is 0 Å². The Balaban J connectivity index is 0.00000452. The summed E-state index contributed by atoms with van der Waals surface area (Å²) < 4.78 is 0. The van der Waals surface area contributed by atoms with Crippen molar-refractivity contribution in [3.05, 3.63) is 130 Å². The standard InChI is InChI=1S/C39H54O2.C2H6/c1-28(16-12-18-30(3)20-22-37-32(5)24-35(40)25-33(37)6)14-10-11-15-29(2)17-13-19-31(4)21-23-38-34(7)26-36(41)27-39(38,8)9;1-2/h10-23,26,32,35-36,38,40-41H,24-25,27H2,1-9H3;1-2H3/b11-10+,16-12+,17-13+,22-20+,23-21+,28-14+,29-15+,30-18+,31-19+;. The van der Waals surface area contributed by atoms with Gasteiger partial charge in [-0.05, 0) is 77.7 Å². The predicted molar refractivity (Wildman–Crippen MR) is 191 cm³/mol. The lowest BCUT2D eigenvalue weighted by molar-refractivity contribution is 0.117. The minimum absolute atomic E-state index is 0.0588. The molecule has 0 amide bonds. The lowest BCUT2D eigenvalue weighted by Crippen LogP contribution is -2.32. The van der Waals surface area contributed by atoms with Gasteiger partial charge in [-0.25, -0.2) is 0 Å². The van der Waals surface area contributed by atoms with Crippen LogP contribution in [0.5, 0.6) is 0 Å². The van der Waals surface area contributed by atoms with E-state index in [-0.39, 0.29) is 17.6 Å². The third-order valence-electron chi connectivity index (χ3n) is 8.06. The first-order valence-electron chi connectivity index (χ1n) is 16.1. The van der Waals surface area contributed by atoms with E-state index < -0.39 is 0 Å². The fourth-order valence-corrected chi connectivity index (χ4v) is 5.79. The average Bonchev–Trinajstić information content (AvgIpc) is 2.90. The maximum absolute atomic E-state index is 10.1. The first-order chi connectivity index (χ1) is 20.3. The summed E-state index contributed by atoms with van der Waals surface area (Å²) in [6.45, 7) is 23.4. The fourth-order valence-electron chi connectivity index (χ4n) is 5.79. The molecule has 236 valence electrons. The van der Waals surface area contributed by atoms with Gasteiger partial charge in [-0.3, -0.25) is 0 Å². The third kappa shape index (κ3) is 14.4. The smallest absolute Gasteiger partial charge is 0.0729 e. The highest BCUT2D eigenvalue weighted by molar-refractivity contribution is 5.36. The van der Waals surface area contributed by atoms with E-state index in [0.717, 1.165) is 19.3 Å². The third-order valence-corrected chi connectivity index (χ3v) is 8.06. The van der Waals surface area contributed by atoms with Crippen LogP contribution in [-0.4, -0.2) is 22.4 Å². The van der Waals surface area contributed by atoms with Crippen molar-refractivity contribution >= 4 is 0 Å². The number of aliphatic hydroxyl groups is 2. The molecule has 2 aliphatic rings. The molecule has 2 rings (SSSR count). The largest absolute Gasteiger partial charge is 0.393 e. The lowest BCUT2D eigenvalue weighted by Gasteiger charge is -2.38. The zero-order valence-electron chi connectivity index (χ0n) is 29.0. The molecule has 0 aromatic carbocycles. The molecule has 0 aliphatic heterocycles. The molecule has 0 heterocycles. The van der Waals surface area contributed by atoms with Crippen LogP contribution in [-0.2, 0) is 0 Å². The average molecular weight is 585 g/mol. The summed E-state index contributed by atoms with van der Waals surface area (Å²) in [6, 6.07) is 0. The van der Waals surface area contributed by atoms with Crippen LogP contribution in [0, 0.1) is 17.3 Å². The van der Waals surface area contributed by atoms with Crippen molar-refractivity contribution in [1.82, 2.24) is 0 Å². The summed E-state index contributed by atoms with van der Waals surface area (Å²) in [5.74, 6) is 0.756. The predicted octanol–water partition coefficient (Wildman–Crippen LogP) is 11.0. The van der Waals surface area contributed by atoms with E-state index in [9.17, 15) is 10.2 Å². The zero-order valence-corrected chi connectivity index (χ0v) is 29.0. The highest BCUT2D eigenvalue weighted by Crippen LogP contribution is 2.41. The van der Waals surface area contributed by atoms with E-state index in [1.165, 1.54) is 39.0 Å². The van der Waals surface area contributed by atoms with Gasteiger partial charge >= 0.3 is 0 Å². The van der Waals surface area contributed by atoms with Gasteiger partial charge in [-0.1, -0.05) is 159 Å². The Morgan fingerprint density at radius 3 is 1.77 bits per heavy atom. The number of aliphatic hydroxyl groups excluding tert-OH is 2. The van der Waals surface area contributed by atoms with Gasteiger partial charge in [0.25, 0.3) is 0 Å². The summed E-state index contributed by atoms with van der Waals surface area (Å²) in [7, 11) is 0. The van der Waals surface area contributed by atoms with Crippen molar-refractivity contribution in [1.29, 1.82) is 0 Å². The maximum atomic E-state index is 10.1. The van der Waals surface area contributed by atoms with Gasteiger partial charge in [0, 0.05) is 5.92 Å². The minimum atomic E-state index is -0.330. The van der Waals surface area contributed by atoms with Gasteiger partial charge < -0.3 is 10.2 Å². The van der Waals surface area contributed by atoms with Gasteiger partial charge in [-0.15, -0.1) is 0 Å². The molecular formula is C41H60O2. The highest BCUT2D eigenvalue weighted by atomic mass is 16.3. The first kappa shape index (κ1) is 38.1. The molecule has 43 heavy (non-hydrogen) atoms. The Bertz CT molecular complexity index is 1230. The molecule has 2 N–H and O–H groups in total. The highest BCUT2D eigenvalue weighted by Gasteiger charge is 2.34. The van der Waals surface area contributed by atoms with E-state index in [1.807, 2.05) is 19.9 Å². The number of hydrogen-bond acceptors (Lipinski definition) is 2. The topological polar surface area (TPSA) is 40.5 Å². The van der Waals surface area contributed by atoms with Crippen molar-refractivity contribution in [2.45, 2.75) is 108 Å². The summed E-state index contributed by atoms with van der Waals surface area (Å²) in [4.78, 5) is 0. The van der Waals surface area contributed by atoms with Crippen molar-refractivity contribution in [3.63, 3.8) is 0 Å². The Labute approximate surface area is 264 Å². The molecule has 2 aliphatic carbocycles. The first-order valence-corrected chi connectivity index (χ1v) is 16.1. The molecular weight excluding hydrogens is 524 g/mol. The molecule has 2 heteroatoms. The Kier molecular flexibility index (Phi) is 17.1. The van der Waals surface area contributed by atoms with Gasteiger partial charge in [0.1, 0.15) is 0 Å². The Morgan fingerprint density at radius 2 is 1.26 bits per heavy atom. The number of allylic oxidation sites excluding steroid dienone is 20. The van der Waals surface area contributed by atoms with Crippen LogP contribution in [0.15, 0.2) is 130 Å². The summed E-state index contributed by atoms with van der Waals surface area (Å²) in [5.41, 5.74) is 8.77. The Hall–Kier alpha value is -2.94. The zero-order chi connectivity index (χ0) is 32.6. The van der Waals surface area contributed by atoms with Gasteiger partial charge in [0.15, 0.2) is 0 Å².